The normalized spacial score (nSPS) is 11.0. The quantitative estimate of drug-likeness (QED) is 0.142. The van der Waals surface area contributed by atoms with Gasteiger partial charge in [0.05, 0.1) is 22.5 Å². The molecule has 9 nitrogen and oxygen atoms in total. The minimum atomic E-state index is -0.513. The maximum atomic E-state index is 12.4. The van der Waals surface area contributed by atoms with E-state index >= 15 is 0 Å². The van der Waals surface area contributed by atoms with Crippen molar-refractivity contribution >= 4 is 52.8 Å². The van der Waals surface area contributed by atoms with Crippen molar-refractivity contribution in [2.24, 2.45) is 5.10 Å². The molecule has 0 radical (unpaired) electrons. The molecule has 0 fully saturated rings. The zero-order valence-corrected chi connectivity index (χ0v) is 20.2. The van der Waals surface area contributed by atoms with E-state index in [1.807, 2.05) is 28.8 Å². The lowest BCUT2D eigenvalue weighted by molar-refractivity contribution is -0.385. The van der Waals surface area contributed by atoms with Gasteiger partial charge in [0, 0.05) is 27.4 Å². The molecule has 35 heavy (non-hydrogen) atoms. The Kier molecular flexibility index (Phi) is 7.76. The maximum absolute atomic E-state index is 12.4. The van der Waals surface area contributed by atoms with Crippen LogP contribution in [0.3, 0.4) is 0 Å². The van der Waals surface area contributed by atoms with Crippen molar-refractivity contribution in [3.63, 3.8) is 0 Å². The second kappa shape index (κ2) is 11.1. The Morgan fingerprint density at radius 1 is 1.03 bits per heavy atom. The number of carbonyl (C=O) groups excluding carboxylic acids is 1. The highest BCUT2D eigenvalue weighted by molar-refractivity contribution is 7.99. The number of hydrogen-bond donors (Lipinski definition) is 1. The number of para-hydroxylation sites is 1. The van der Waals surface area contributed by atoms with Crippen LogP contribution >= 0.6 is 35.0 Å². The van der Waals surface area contributed by atoms with E-state index in [0.29, 0.717) is 21.0 Å². The van der Waals surface area contributed by atoms with Crippen molar-refractivity contribution in [2.75, 3.05) is 5.75 Å². The summed E-state index contributed by atoms with van der Waals surface area (Å²) in [5.74, 6) is 0.144. The van der Waals surface area contributed by atoms with Gasteiger partial charge in [-0.3, -0.25) is 19.5 Å². The van der Waals surface area contributed by atoms with E-state index in [4.69, 9.17) is 23.2 Å². The first-order valence-corrected chi connectivity index (χ1v) is 11.8. The van der Waals surface area contributed by atoms with E-state index < -0.39 is 10.8 Å². The summed E-state index contributed by atoms with van der Waals surface area (Å²) < 4.78 is 1.81. The number of hydrogen-bond acceptors (Lipinski definition) is 7. The maximum Gasteiger partial charge on any atom is 0.278 e. The Labute approximate surface area is 213 Å². The Hall–Kier alpha value is -3.73. The number of halogens is 2. The van der Waals surface area contributed by atoms with Gasteiger partial charge in [0.25, 0.3) is 11.6 Å². The molecule has 0 aliphatic heterocycles. The summed E-state index contributed by atoms with van der Waals surface area (Å²) in [6, 6.07) is 20.4. The van der Waals surface area contributed by atoms with E-state index in [0.717, 1.165) is 23.0 Å². The third-order valence-electron chi connectivity index (χ3n) is 4.68. The number of amides is 1. The van der Waals surface area contributed by atoms with E-state index in [9.17, 15) is 14.9 Å². The fourth-order valence-electron chi connectivity index (χ4n) is 3.07. The molecule has 0 saturated carbocycles. The molecule has 0 bridgehead atoms. The van der Waals surface area contributed by atoms with Crippen LogP contribution in [0.5, 0.6) is 0 Å². The van der Waals surface area contributed by atoms with E-state index in [-0.39, 0.29) is 17.0 Å². The van der Waals surface area contributed by atoms with Gasteiger partial charge in [0.1, 0.15) is 0 Å². The summed E-state index contributed by atoms with van der Waals surface area (Å²) in [6.45, 7) is 0. The predicted molar refractivity (Wildman–Crippen MR) is 136 cm³/mol. The number of thioether (sulfide) groups is 1. The first kappa shape index (κ1) is 24.4. The molecule has 0 atom stereocenters. The number of nitrogens with one attached hydrogen (secondary N) is 1. The number of hydrazone groups is 1. The van der Waals surface area contributed by atoms with E-state index in [1.54, 1.807) is 36.4 Å². The molecule has 0 aliphatic carbocycles. The van der Waals surface area contributed by atoms with Gasteiger partial charge in [0.15, 0.2) is 11.0 Å². The van der Waals surface area contributed by atoms with Gasteiger partial charge < -0.3 is 0 Å². The van der Waals surface area contributed by atoms with Crippen molar-refractivity contribution in [1.29, 1.82) is 0 Å². The third-order valence-corrected chi connectivity index (χ3v) is 6.11. The molecule has 1 heterocycles. The third kappa shape index (κ3) is 6.04. The van der Waals surface area contributed by atoms with Crippen LogP contribution < -0.4 is 5.43 Å². The van der Waals surface area contributed by atoms with E-state index in [2.05, 4.69) is 20.7 Å². The second-order valence-corrected chi connectivity index (χ2v) is 8.84. The van der Waals surface area contributed by atoms with Crippen molar-refractivity contribution in [2.45, 2.75) is 5.16 Å². The van der Waals surface area contributed by atoms with Gasteiger partial charge in [-0.05, 0) is 54.6 Å². The van der Waals surface area contributed by atoms with Gasteiger partial charge >= 0.3 is 0 Å². The summed E-state index contributed by atoms with van der Waals surface area (Å²) in [5.41, 5.74) is 4.11. The van der Waals surface area contributed by atoms with Crippen molar-refractivity contribution in [1.82, 2.24) is 20.2 Å². The lowest BCUT2D eigenvalue weighted by Gasteiger charge is -2.10. The number of nitro benzene ring substituents is 1. The van der Waals surface area contributed by atoms with Gasteiger partial charge in [-0.15, -0.1) is 10.2 Å². The Morgan fingerprint density at radius 3 is 2.37 bits per heavy atom. The molecule has 3 aromatic carbocycles. The summed E-state index contributed by atoms with van der Waals surface area (Å²) >= 11 is 13.2. The minimum absolute atomic E-state index is 0.0133. The van der Waals surface area contributed by atoms with Crippen molar-refractivity contribution < 1.29 is 9.72 Å². The fraction of sp³-hybridized carbons (Fsp3) is 0.0435. The van der Waals surface area contributed by atoms with Gasteiger partial charge in [-0.2, -0.15) is 5.10 Å². The highest BCUT2D eigenvalue weighted by Gasteiger charge is 2.17. The average molecular weight is 527 g/mol. The highest BCUT2D eigenvalue weighted by atomic mass is 35.5. The van der Waals surface area contributed by atoms with Crippen LogP contribution in [0.2, 0.25) is 10.0 Å². The van der Waals surface area contributed by atoms with Crippen molar-refractivity contribution in [3.8, 4) is 17.1 Å². The smallest absolute Gasteiger partial charge is 0.272 e. The molecule has 176 valence electrons. The molecule has 1 amide bonds. The molecule has 1 aromatic heterocycles. The molecule has 0 unspecified atom stereocenters. The number of carbonyl (C=O) groups is 1. The molecule has 0 aliphatic rings. The number of rotatable bonds is 8. The van der Waals surface area contributed by atoms with Crippen LogP contribution in [-0.4, -0.2) is 37.6 Å². The van der Waals surface area contributed by atoms with Crippen LogP contribution in [-0.2, 0) is 4.79 Å². The number of aromatic nitrogens is 3. The lowest BCUT2D eigenvalue weighted by Crippen LogP contribution is -2.20. The monoisotopic (exact) mass is 526 g/mol. The molecule has 0 spiro atoms. The molecule has 4 aromatic rings. The lowest BCUT2D eigenvalue weighted by atomic mass is 10.2. The number of nitrogens with zero attached hydrogens (tertiary/aromatic N) is 5. The first-order chi connectivity index (χ1) is 16.9. The summed E-state index contributed by atoms with van der Waals surface area (Å²) in [5, 5.41) is 25.2. The number of nitro groups is 1. The second-order valence-electron chi connectivity index (χ2n) is 7.02. The largest absolute Gasteiger partial charge is 0.278 e. The Bertz CT molecular complexity index is 1390. The molecule has 12 heteroatoms. The van der Waals surface area contributed by atoms with Gasteiger partial charge in [0.2, 0.25) is 0 Å². The van der Waals surface area contributed by atoms with Crippen LogP contribution in [0.15, 0.2) is 83.1 Å². The summed E-state index contributed by atoms with van der Waals surface area (Å²) in [7, 11) is 0. The highest BCUT2D eigenvalue weighted by Crippen LogP contribution is 2.29. The average Bonchev–Trinajstić information content (AvgIpc) is 3.28. The summed E-state index contributed by atoms with van der Waals surface area (Å²) in [6.07, 6.45) is 1.23. The topological polar surface area (TPSA) is 115 Å². The molecule has 1 N–H and O–H groups in total. The summed E-state index contributed by atoms with van der Waals surface area (Å²) in [4.78, 5) is 22.9. The molecular formula is C23H16Cl2N6O3S. The van der Waals surface area contributed by atoms with E-state index in [1.165, 1.54) is 18.3 Å². The zero-order chi connectivity index (χ0) is 24.8. The fourth-order valence-corrected chi connectivity index (χ4v) is 4.07. The van der Waals surface area contributed by atoms with Crippen LogP contribution in [0.1, 0.15) is 5.56 Å². The SMILES string of the molecule is O=C(CSc1nnc(-c2ccc(Cl)cc2)n1-c1ccc(Cl)cc1)N/N=C/c1ccccc1[N+](=O)[O-]. The molecule has 0 saturated heterocycles. The Morgan fingerprint density at radius 2 is 1.69 bits per heavy atom. The first-order valence-electron chi connectivity index (χ1n) is 10.1. The van der Waals surface area contributed by atoms with Crippen LogP contribution in [0.25, 0.3) is 17.1 Å². The van der Waals surface area contributed by atoms with Crippen LogP contribution in [0, 0.1) is 10.1 Å². The number of benzene rings is 3. The molecule has 4 rings (SSSR count). The predicted octanol–water partition coefficient (Wildman–Crippen LogP) is 5.39. The Balaban J connectivity index is 1.51. The zero-order valence-electron chi connectivity index (χ0n) is 17.8. The van der Waals surface area contributed by atoms with Crippen molar-refractivity contribution in [3.05, 3.63) is 98.5 Å². The molecular weight excluding hydrogens is 511 g/mol. The standard InChI is InChI=1S/C23H16Cl2N6O3S/c24-17-7-5-15(6-8-17)22-28-29-23(30(22)19-11-9-18(25)10-12-19)35-14-21(32)27-26-13-16-3-1-2-4-20(16)31(33)34/h1-13H,14H2,(H,27,32)/b26-13+. The minimum Gasteiger partial charge on any atom is -0.272 e. The van der Waals surface area contributed by atoms with Gasteiger partial charge in [-0.25, -0.2) is 5.43 Å². The van der Waals surface area contributed by atoms with Gasteiger partial charge in [-0.1, -0.05) is 47.1 Å². The van der Waals surface area contributed by atoms with Crippen LogP contribution in [0.4, 0.5) is 5.69 Å².